The Morgan fingerprint density at radius 1 is 1.00 bits per heavy atom. The highest BCUT2D eigenvalue weighted by Crippen LogP contribution is 2.39. The zero-order valence-electron chi connectivity index (χ0n) is 18.2. The topological polar surface area (TPSA) is 79.2 Å². The van der Waals surface area contributed by atoms with Crippen LogP contribution in [0.4, 0.5) is 11.4 Å². The number of nitrogens with zero attached hydrogens (tertiary/aromatic N) is 2. The summed E-state index contributed by atoms with van der Waals surface area (Å²) >= 11 is 1.28. The second-order valence-corrected chi connectivity index (χ2v) is 8.45. The molecule has 0 bridgehead atoms. The molecule has 3 aromatic rings. The lowest BCUT2D eigenvalue weighted by Crippen LogP contribution is -2.29. The first-order valence-electron chi connectivity index (χ1n) is 10.3. The molecule has 6 nitrogen and oxygen atoms in total. The average molecular weight is 459 g/mol. The summed E-state index contributed by atoms with van der Waals surface area (Å²) in [5.74, 6) is -0.871. The second-order valence-electron chi connectivity index (χ2n) is 7.44. The number of hydrogen-bond donors (Lipinski definition) is 1. The first-order chi connectivity index (χ1) is 15.9. The van der Waals surface area contributed by atoms with Gasteiger partial charge in [-0.1, -0.05) is 54.6 Å². The SMILES string of the molecule is Cc1ccccc1N=C1S/C(=C/c2ccccc2OCC(=O)O)C(=O)N1c1ccccc1C. The Hall–Kier alpha value is -3.84. The second kappa shape index (κ2) is 9.75. The van der Waals surface area contributed by atoms with Crippen LogP contribution in [0.2, 0.25) is 0 Å². The Morgan fingerprint density at radius 3 is 2.39 bits per heavy atom. The van der Waals surface area contributed by atoms with Crippen LogP contribution in [-0.2, 0) is 9.59 Å². The van der Waals surface area contributed by atoms with Crippen LogP contribution < -0.4 is 9.64 Å². The number of carbonyl (C=O) groups is 2. The fourth-order valence-electron chi connectivity index (χ4n) is 3.38. The highest BCUT2D eigenvalue weighted by molar-refractivity contribution is 8.19. The number of rotatable bonds is 6. The summed E-state index contributed by atoms with van der Waals surface area (Å²) in [6, 6.07) is 22.5. The van der Waals surface area contributed by atoms with Gasteiger partial charge >= 0.3 is 5.97 Å². The summed E-state index contributed by atoms with van der Waals surface area (Å²) in [6.07, 6.45) is 1.72. The van der Waals surface area contributed by atoms with Crippen molar-refractivity contribution >= 4 is 46.3 Å². The third kappa shape index (κ3) is 4.99. The number of aryl methyl sites for hydroxylation is 2. The van der Waals surface area contributed by atoms with Gasteiger partial charge in [0.05, 0.1) is 16.3 Å². The van der Waals surface area contributed by atoms with E-state index in [0.717, 1.165) is 22.5 Å². The minimum absolute atomic E-state index is 0.199. The Morgan fingerprint density at radius 2 is 1.67 bits per heavy atom. The number of aliphatic imine (C=N–C) groups is 1. The number of amides is 1. The lowest BCUT2D eigenvalue weighted by atomic mass is 10.1. The molecule has 0 atom stereocenters. The molecule has 166 valence electrons. The van der Waals surface area contributed by atoms with Gasteiger partial charge in [-0.15, -0.1) is 0 Å². The molecule has 1 aliphatic heterocycles. The lowest BCUT2D eigenvalue weighted by molar-refractivity contribution is -0.139. The van der Waals surface area contributed by atoms with Gasteiger partial charge < -0.3 is 9.84 Å². The van der Waals surface area contributed by atoms with Crippen molar-refractivity contribution in [2.45, 2.75) is 13.8 Å². The first-order valence-corrected chi connectivity index (χ1v) is 11.1. The molecular weight excluding hydrogens is 436 g/mol. The van der Waals surface area contributed by atoms with Crippen molar-refractivity contribution in [3.63, 3.8) is 0 Å². The molecule has 0 unspecified atom stereocenters. The molecule has 7 heteroatoms. The Bertz CT molecular complexity index is 1280. The average Bonchev–Trinajstić information content (AvgIpc) is 3.09. The number of carbonyl (C=O) groups excluding carboxylic acids is 1. The van der Waals surface area contributed by atoms with Gasteiger partial charge in [0.15, 0.2) is 11.8 Å². The molecule has 1 saturated heterocycles. The number of thioether (sulfide) groups is 1. The van der Waals surface area contributed by atoms with E-state index in [4.69, 9.17) is 14.8 Å². The summed E-state index contributed by atoms with van der Waals surface area (Å²) in [6.45, 7) is 3.47. The molecule has 0 aromatic heterocycles. The number of hydrogen-bond acceptors (Lipinski definition) is 5. The third-order valence-electron chi connectivity index (χ3n) is 5.05. The minimum atomic E-state index is -1.07. The van der Waals surface area contributed by atoms with E-state index in [1.165, 1.54) is 11.8 Å². The maximum atomic E-state index is 13.5. The number of carboxylic acid groups (broad SMARTS) is 1. The summed E-state index contributed by atoms with van der Waals surface area (Å²) in [5, 5.41) is 9.51. The maximum Gasteiger partial charge on any atom is 0.341 e. The predicted molar refractivity (Wildman–Crippen MR) is 132 cm³/mol. The van der Waals surface area contributed by atoms with Gasteiger partial charge in [-0.3, -0.25) is 9.69 Å². The standard InChI is InChI=1S/C26H22N2O4S/c1-17-9-3-6-12-20(17)27-26-28(21-13-7-4-10-18(21)2)25(31)23(33-26)15-19-11-5-8-14-22(19)32-16-24(29)30/h3-15H,16H2,1-2H3,(H,29,30)/b23-15+,27-26?. The van der Waals surface area contributed by atoms with E-state index in [1.807, 2.05) is 68.4 Å². The van der Waals surface area contributed by atoms with Crippen molar-refractivity contribution in [3.05, 3.63) is 94.4 Å². The molecule has 1 fully saturated rings. The quantitative estimate of drug-likeness (QED) is 0.488. The maximum absolute atomic E-state index is 13.5. The number of para-hydroxylation sites is 3. The first kappa shape index (κ1) is 22.4. The van der Waals surface area contributed by atoms with Crippen LogP contribution in [0.5, 0.6) is 5.75 Å². The van der Waals surface area contributed by atoms with Crippen molar-refractivity contribution < 1.29 is 19.4 Å². The smallest absolute Gasteiger partial charge is 0.341 e. The molecule has 0 aliphatic carbocycles. The van der Waals surface area contributed by atoms with Gasteiger partial charge in [-0.25, -0.2) is 9.79 Å². The normalized spacial score (nSPS) is 15.9. The van der Waals surface area contributed by atoms with Crippen molar-refractivity contribution in [2.75, 3.05) is 11.5 Å². The van der Waals surface area contributed by atoms with Crippen LogP contribution >= 0.6 is 11.8 Å². The third-order valence-corrected chi connectivity index (χ3v) is 6.02. The molecule has 1 N–H and O–H groups in total. The Kier molecular flexibility index (Phi) is 6.60. The van der Waals surface area contributed by atoms with Gasteiger partial charge in [-0.05, 0) is 61.0 Å². The van der Waals surface area contributed by atoms with Crippen molar-refractivity contribution in [3.8, 4) is 5.75 Å². The van der Waals surface area contributed by atoms with Crippen molar-refractivity contribution in [2.24, 2.45) is 4.99 Å². The Labute approximate surface area is 196 Å². The fourth-order valence-corrected chi connectivity index (χ4v) is 4.36. The van der Waals surface area contributed by atoms with Gasteiger partial charge in [0.25, 0.3) is 5.91 Å². The predicted octanol–water partition coefficient (Wildman–Crippen LogP) is 5.58. The van der Waals surface area contributed by atoms with Crippen LogP contribution in [0.25, 0.3) is 6.08 Å². The highest BCUT2D eigenvalue weighted by atomic mass is 32.2. The molecular formula is C26H22N2O4S. The molecule has 3 aromatic carbocycles. The zero-order valence-corrected chi connectivity index (χ0v) is 19.0. The monoisotopic (exact) mass is 458 g/mol. The van der Waals surface area contributed by atoms with Gasteiger partial charge in [-0.2, -0.15) is 0 Å². The van der Waals surface area contributed by atoms with Crippen LogP contribution in [0.3, 0.4) is 0 Å². The van der Waals surface area contributed by atoms with Crippen LogP contribution in [0.15, 0.2) is 82.7 Å². The Balaban J connectivity index is 1.78. The molecule has 1 aliphatic rings. The fraction of sp³-hybridized carbons (Fsp3) is 0.115. The van der Waals surface area contributed by atoms with Crippen LogP contribution in [-0.4, -0.2) is 28.8 Å². The van der Waals surface area contributed by atoms with Crippen LogP contribution in [0, 0.1) is 13.8 Å². The van der Waals surface area contributed by atoms with E-state index < -0.39 is 12.6 Å². The molecule has 1 amide bonds. The number of benzene rings is 3. The van der Waals surface area contributed by atoms with Crippen molar-refractivity contribution in [1.29, 1.82) is 0 Å². The van der Waals surface area contributed by atoms with Gasteiger partial charge in [0, 0.05) is 5.56 Å². The number of aliphatic carboxylic acids is 1. The van der Waals surface area contributed by atoms with E-state index in [1.54, 1.807) is 29.2 Å². The zero-order chi connectivity index (χ0) is 23.4. The highest BCUT2D eigenvalue weighted by Gasteiger charge is 2.35. The summed E-state index contributed by atoms with van der Waals surface area (Å²) in [5.41, 5.74) is 4.14. The van der Waals surface area contributed by atoms with Crippen molar-refractivity contribution in [1.82, 2.24) is 0 Å². The molecule has 0 spiro atoms. The summed E-state index contributed by atoms with van der Waals surface area (Å²) in [7, 11) is 0. The summed E-state index contributed by atoms with van der Waals surface area (Å²) < 4.78 is 5.40. The minimum Gasteiger partial charge on any atom is -0.481 e. The molecule has 0 radical (unpaired) electrons. The van der Waals surface area contributed by atoms with E-state index in [2.05, 4.69) is 0 Å². The molecule has 4 rings (SSSR count). The lowest BCUT2D eigenvalue weighted by Gasteiger charge is -2.18. The number of amidine groups is 1. The summed E-state index contributed by atoms with van der Waals surface area (Å²) in [4.78, 5) is 31.4. The van der Waals surface area contributed by atoms with E-state index in [-0.39, 0.29) is 5.91 Å². The van der Waals surface area contributed by atoms with E-state index in [9.17, 15) is 9.59 Å². The number of carboxylic acids is 1. The molecule has 0 saturated carbocycles. The van der Waals surface area contributed by atoms with Crippen LogP contribution in [0.1, 0.15) is 16.7 Å². The number of anilines is 1. The number of ether oxygens (including phenoxy) is 1. The molecule has 1 heterocycles. The van der Waals surface area contributed by atoms with Gasteiger partial charge in [0.2, 0.25) is 0 Å². The van der Waals surface area contributed by atoms with E-state index in [0.29, 0.717) is 21.4 Å². The van der Waals surface area contributed by atoms with E-state index >= 15 is 0 Å². The molecule has 33 heavy (non-hydrogen) atoms. The van der Waals surface area contributed by atoms with Gasteiger partial charge in [0.1, 0.15) is 5.75 Å². The largest absolute Gasteiger partial charge is 0.481 e.